The maximum Gasteiger partial charge on any atom is 0.0495 e. The van der Waals surface area contributed by atoms with E-state index >= 15 is 0 Å². The summed E-state index contributed by atoms with van der Waals surface area (Å²) >= 11 is 3.78. The fourth-order valence-corrected chi connectivity index (χ4v) is 5.41. The summed E-state index contributed by atoms with van der Waals surface area (Å²) in [7, 11) is 0. The fourth-order valence-electron chi connectivity index (χ4n) is 2.47. The molecule has 0 unspecified atom stereocenters. The van der Waals surface area contributed by atoms with E-state index in [2.05, 4.69) is 88.4 Å². The second-order valence-corrected chi connectivity index (χ2v) is 8.31. The lowest BCUT2D eigenvalue weighted by atomic mass is 9.94. The van der Waals surface area contributed by atoms with E-state index in [1.54, 1.807) is 5.57 Å². The van der Waals surface area contributed by atoms with Gasteiger partial charge < -0.3 is 0 Å². The first-order valence-corrected chi connectivity index (χ1v) is 9.41. The summed E-state index contributed by atoms with van der Waals surface area (Å²) in [5, 5.41) is 0. The van der Waals surface area contributed by atoms with Crippen LogP contribution in [0.5, 0.6) is 0 Å². The minimum absolute atomic E-state index is 0.558. The van der Waals surface area contributed by atoms with Gasteiger partial charge in [0.15, 0.2) is 0 Å². The van der Waals surface area contributed by atoms with Crippen LogP contribution in [0.3, 0.4) is 0 Å². The Bertz CT molecular complexity index is 545. The summed E-state index contributed by atoms with van der Waals surface area (Å²) in [6.07, 6.45) is 0. The molecule has 0 atom stereocenters. The van der Waals surface area contributed by atoms with Crippen molar-refractivity contribution in [3.05, 3.63) is 70.5 Å². The van der Waals surface area contributed by atoms with E-state index in [-0.39, 0.29) is 0 Å². The van der Waals surface area contributed by atoms with Crippen molar-refractivity contribution >= 4 is 23.5 Å². The van der Waals surface area contributed by atoms with Crippen molar-refractivity contribution in [2.24, 2.45) is 11.8 Å². The molecule has 0 aliphatic carbocycles. The quantitative estimate of drug-likeness (QED) is 0.519. The largest absolute Gasteiger partial charge is 0.0828 e. The number of thioether (sulfide) groups is 2. The molecular weight excluding hydrogens is 304 g/mol. The molecule has 0 bridgehead atoms. The monoisotopic (exact) mass is 328 g/mol. The van der Waals surface area contributed by atoms with Crippen LogP contribution in [0.1, 0.15) is 27.7 Å². The first-order chi connectivity index (χ1) is 10.6. The highest BCUT2D eigenvalue weighted by molar-refractivity contribution is 8.22. The van der Waals surface area contributed by atoms with Gasteiger partial charge in [-0.25, -0.2) is 0 Å². The lowest BCUT2D eigenvalue weighted by Crippen LogP contribution is -2.04. The Kier molecular flexibility index (Phi) is 6.66. The van der Waals surface area contributed by atoms with Gasteiger partial charge in [-0.2, -0.15) is 0 Å². The van der Waals surface area contributed by atoms with E-state index in [1.807, 2.05) is 23.5 Å². The Morgan fingerprint density at radius 3 is 1.32 bits per heavy atom. The van der Waals surface area contributed by atoms with E-state index in [9.17, 15) is 0 Å². The van der Waals surface area contributed by atoms with Gasteiger partial charge in [-0.05, 0) is 41.7 Å². The van der Waals surface area contributed by atoms with E-state index in [0.717, 1.165) is 0 Å². The minimum Gasteiger partial charge on any atom is -0.0828 e. The lowest BCUT2D eigenvalue weighted by Gasteiger charge is -2.21. The van der Waals surface area contributed by atoms with Crippen molar-refractivity contribution in [1.29, 1.82) is 0 Å². The molecule has 0 saturated carbocycles. The van der Waals surface area contributed by atoms with Gasteiger partial charge in [-0.3, -0.25) is 0 Å². The van der Waals surface area contributed by atoms with E-state index < -0.39 is 0 Å². The highest BCUT2D eigenvalue weighted by Gasteiger charge is 2.17. The van der Waals surface area contributed by atoms with Crippen LogP contribution in [0.2, 0.25) is 0 Å². The summed E-state index contributed by atoms with van der Waals surface area (Å²) in [6, 6.07) is 21.3. The Balaban J connectivity index is 2.37. The maximum atomic E-state index is 2.30. The molecule has 2 aromatic rings. The molecule has 0 nitrogen and oxygen atoms in total. The molecule has 0 aliphatic heterocycles. The van der Waals surface area contributed by atoms with Crippen molar-refractivity contribution in [1.82, 2.24) is 0 Å². The zero-order valence-corrected chi connectivity index (χ0v) is 15.4. The van der Waals surface area contributed by atoms with Gasteiger partial charge in [-0.1, -0.05) is 87.6 Å². The van der Waals surface area contributed by atoms with Gasteiger partial charge in [0.05, 0.1) is 0 Å². The van der Waals surface area contributed by atoms with Crippen molar-refractivity contribution in [2.45, 2.75) is 37.5 Å². The average Bonchev–Trinajstić information content (AvgIpc) is 2.48. The van der Waals surface area contributed by atoms with Gasteiger partial charge in [0, 0.05) is 14.0 Å². The number of allylic oxidation sites excluding steroid dienone is 1. The summed E-state index contributed by atoms with van der Waals surface area (Å²) in [4.78, 5) is 2.61. The van der Waals surface area contributed by atoms with Gasteiger partial charge in [0.1, 0.15) is 0 Å². The SMILES string of the molecule is CC(C)C(=C(Sc1ccccc1)Sc1ccccc1)C(C)C. The fraction of sp³-hybridized carbons (Fsp3) is 0.300. The molecule has 0 saturated heterocycles. The summed E-state index contributed by atoms with van der Waals surface area (Å²) in [5.41, 5.74) is 1.54. The zero-order chi connectivity index (χ0) is 15.9. The van der Waals surface area contributed by atoms with Crippen LogP contribution in [0.4, 0.5) is 0 Å². The standard InChI is InChI=1S/C20H24S2/c1-15(2)19(16(3)4)20(21-17-11-7-5-8-12-17)22-18-13-9-6-10-14-18/h5-16H,1-4H3. The summed E-state index contributed by atoms with van der Waals surface area (Å²) < 4.78 is 1.42. The van der Waals surface area contributed by atoms with Crippen LogP contribution in [0.25, 0.3) is 0 Å². The zero-order valence-electron chi connectivity index (χ0n) is 13.7. The van der Waals surface area contributed by atoms with Crippen LogP contribution >= 0.6 is 23.5 Å². The third kappa shape index (κ3) is 4.96. The first-order valence-electron chi connectivity index (χ1n) is 7.77. The average molecular weight is 329 g/mol. The van der Waals surface area contributed by atoms with Gasteiger partial charge >= 0.3 is 0 Å². The Morgan fingerprint density at radius 2 is 1.00 bits per heavy atom. The van der Waals surface area contributed by atoms with E-state index in [4.69, 9.17) is 0 Å². The highest BCUT2D eigenvalue weighted by atomic mass is 32.2. The summed E-state index contributed by atoms with van der Waals surface area (Å²) in [6.45, 7) is 9.19. The maximum absolute atomic E-state index is 2.30. The third-order valence-electron chi connectivity index (χ3n) is 3.39. The molecule has 2 heteroatoms. The predicted octanol–water partition coefficient (Wildman–Crippen LogP) is 7.09. The van der Waals surface area contributed by atoms with E-state index in [1.165, 1.54) is 14.0 Å². The van der Waals surface area contributed by atoms with Crippen LogP contribution in [0.15, 0.2) is 80.3 Å². The predicted molar refractivity (Wildman–Crippen MR) is 101 cm³/mol. The molecular formula is C20H24S2. The molecule has 22 heavy (non-hydrogen) atoms. The molecule has 0 aliphatic rings. The highest BCUT2D eigenvalue weighted by Crippen LogP contribution is 2.44. The molecule has 0 heterocycles. The van der Waals surface area contributed by atoms with Crippen molar-refractivity contribution in [2.75, 3.05) is 0 Å². The van der Waals surface area contributed by atoms with Crippen LogP contribution in [-0.2, 0) is 0 Å². The van der Waals surface area contributed by atoms with Gasteiger partial charge in [0.2, 0.25) is 0 Å². The van der Waals surface area contributed by atoms with Crippen molar-refractivity contribution in [3.8, 4) is 0 Å². The number of hydrogen-bond acceptors (Lipinski definition) is 2. The number of rotatable bonds is 6. The van der Waals surface area contributed by atoms with Gasteiger partial charge in [0.25, 0.3) is 0 Å². The van der Waals surface area contributed by atoms with Gasteiger partial charge in [-0.15, -0.1) is 0 Å². The summed E-state index contributed by atoms with van der Waals surface area (Å²) in [5.74, 6) is 1.12. The van der Waals surface area contributed by atoms with Crippen molar-refractivity contribution < 1.29 is 0 Å². The minimum atomic E-state index is 0.558. The Morgan fingerprint density at radius 1 is 0.636 bits per heavy atom. The second kappa shape index (κ2) is 8.50. The second-order valence-electron chi connectivity index (χ2n) is 5.88. The molecule has 0 radical (unpaired) electrons. The Labute approximate surface area is 143 Å². The Hall–Kier alpha value is -1.12. The van der Waals surface area contributed by atoms with Crippen LogP contribution in [0, 0.1) is 11.8 Å². The normalized spacial score (nSPS) is 11.0. The van der Waals surface area contributed by atoms with Crippen LogP contribution in [-0.4, -0.2) is 0 Å². The topological polar surface area (TPSA) is 0 Å². The molecule has 0 fully saturated rings. The smallest absolute Gasteiger partial charge is 0.0495 e. The third-order valence-corrected chi connectivity index (χ3v) is 5.75. The number of hydrogen-bond donors (Lipinski definition) is 0. The van der Waals surface area contributed by atoms with E-state index in [0.29, 0.717) is 11.8 Å². The van der Waals surface area contributed by atoms with Crippen molar-refractivity contribution in [3.63, 3.8) is 0 Å². The molecule has 2 aromatic carbocycles. The molecule has 0 amide bonds. The molecule has 0 aromatic heterocycles. The van der Waals surface area contributed by atoms with Crippen LogP contribution < -0.4 is 0 Å². The molecule has 0 spiro atoms. The first kappa shape index (κ1) is 17.2. The molecule has 0 N–H and O–H groups in total. The molecule has 2 rings (SSSR count). The number of benzene rings is 2. The lowest BCUT2D eigenvalue weighted by molar-refractivity contribution is 0.626. The molecule has 116 valence electrons.